The predicted molar refractivity (Wildman–Crippen MR) is 129 cm³/mol. The molecule has 0 spiro atoms. The highest BCUT2D eigenvalue weighted by Crippen LogP contribution is 2.50. The van der Waals surface area contributed by atoms with Crippen LogP contribution in [0.5, 0.6) is 0 Å². The van der Waals surface area contributed by atoms with Gasteiger partial charge in [-0.15, -0.1) is 0 Å². The summed E-state index contributed by atoms with van der Waals surface area (Å²) in [5.74, 6) is 0. The maximum absolute atomic E-state index is 11.4. The van der Waals surface area contributed by atoms with Crippen molar-refractivity contribution < 1.29 is 9.66 Å². The Bertz CT molecular complexity index is 1270. The molecule has 0 saturated carbocycles. The molecule has 1 aliphatic heterocycles. The molecule has 1 atom stereocenters. The van der Waals surface area contributed by atoms with E-state index in [0.29, 0.717) is 5.56 Å². The van der Waals surface area contributed by atoms with Gasteiger partial charge < -0.3 is 10.1 Å². The molecule has 0 aliphatic carbocycles. The third kappa shape index (κ3) is 3.66. The van der Waals surface area contributed by atoms with Crippen molar-refractivity contribution in [1.29, 1.82) is 0 Å². The number of non-ortho nitro benzene ring substituents is 1. The molecule has 0 bridgehead atoms. The van der Waals surface area contributed by atoms with Gasteiger partial charge in [0, 0.05) is 28.9 Å². The zero-order valence-electron chi connectivity index (χ0n) is 18.5. The molecule has 1 unspecified atom stereocenters. The van der Waals surface area contributed by atoms with Gasteiger partial charge in [-0.2, -0.15) is 0 Å². The van der Waals surface area contributed by atoms with Crippen LogP contribution in [0.15, 0.2) is 97.1 Å². The lowest BCUT2D eigenvalue weighted by molar-refractivity contribution is -0.385. The Labute approximate surface area is 192 Å². The lowest BCUT2D eigenvalue weighted by Gasteiger charge is -2.44. The zero-order valence-corrected chi connectivity index (χ0v) is 18.5. The average molecular weight is 437 g/mol. The third-order valence-electron chi connectivity index (χ3n) is 6.19. The quantitative estimate of drug-likeness (QED) is 0.287. The van der Waals surface area contributed by atoms with Gasteiger partial charge in [-0.1, -0.05) is 90.0 Å². The molecule has 5 nitrogen and oxygen atoms in total. The number of hydrogen-bond donors (Lipinski definition) is 1. The van der Waals surface area contributed by atoms with Crippen LogP contribution in [0.4, 0.5) is 11.4 Å². The third-order valence-corrected chi connectivity index (χ3v) is 6.19. The standard InChI is InChI=1S/C28H24N2O3/c1-19-10-14-22(15-11-19)28(23-16-12-20(2)13-17-23)25-8-3-4-9-26(25)29-27(33-28)21-6-5-7-24(18-21)30(31)32/h3-18,27,29H,1-2H3. The summed E-state index contributed by atoms with van der Waals surface area (Å²) < 4.78 is 6.94. The average Bonchev–Trinajstić information content (AvgIpc) is 2.84. The number of anilines is 1. The molecule has 1 heterocycles. The number of para-hydroxylation sites is 1. The van der Waals surface area contributed by atoms with Crippen molar-refractivity contribution in [2.45, 2.75) is 25.7 Å². The van der Waals surface area contributed by atoms with Gasteiger partial charge in [-0.3, -0.25) is 10.1 Å². The Balaban J connectivity index is 1.76. The van der Waals surface area contributed by atoms with Gasteiger partial charge in [-0.05, 0) is 31.0 Å². The van der Waals surface area contributed by atoms with Gasteiger partial charge in [0.05, 0.1) is 4.92 Å². The number of nitrogens with zero attached hydrogens (tertiary/aromatic N) is 1. The van der Waals surface area contributed by atoms with Crippen LogP contribution in [0.25, 0.3) is 0 Å². The number of nitro groups is 1. The summed E-state index contributed by atoms with van der Waals surface area (Å²) in [7, 11) is 0. The van der Waals surface area contributed by atoms with Crippen molar-refractivity contribution >= 4 is 11.4 Å². The van der Waals surface area contributed by atoms with E-state index < -0.39 is 11.8 Å². The van der Waals surface area contributed by atoms with Crippen LogP contribution in [0.3, 0.4) is 0 Å². The lowest BCUT2D eigenvalue weighted by Crippen LogP contribution is -2.40. The zero-order chi connectivity index (χ0) is 23.0. The second-order valence-electron chi connectivity index (χ2n) is 8.45. The van der Waals surface area contributed by atoms with E-state index >= 15 is 0 Å². The first-order valence-electron chi connectivity index (χ1n) is 10.9. The molecule has 0 radical (unpaired) electrons. The van der Waals surface area contributed by atoms with E-state index in [-0.39, 0.29) is 10.6 Å². The summed E-state index contributed by atoms with van der Waals surface area (Å²) in [5.41, 5.74) is 6.10. The lowest BCUT2D eigenvalue weighted by atomic mass is 9.77. The SMILES string of the molecule is Cc1ccc(C2(c3ccc(C)cc3)OC(c3cccc([N+](=O)[O-])c3)Nc3ccccc32)cc1. The van der Waals surface area contributed by atoms with E-state index in [1.165, 1.54) is 6.07 Å². The molecule has 0 aromatic heterocycles. The number of ether oxygens (including phenoxy) is 1. The summed E-state index contributed by atoms with van der Waals surface area (Å²) in [4.78, 5) is 11.0. The minimum absolute atomic E-state index is 0.0352. The fourth-order valence-corrected chi connectivity index (χ4v) is 4.47. The van der Waals surface area contributed by atoms with Crippen LogP contribution in [-0.2, 0) is 10.3 Å². The second-order valence-corrected chi connectivity index (χ2v) is 8.45. The Hall–Kier alpha value is -3.96. The van der Waals surface area contributed by atoms with Crippen LogP contribution >= 0.6 is 0 Å². The number of aryl methyl sites for hydroxylation is 2. The number of nitrogens with one attached hydrogen (secondary N) is 1. The molecule has 0 saturated heterocycles. The van der Waals surface area contributed by atoms with E-state index in [2.05, 4.69) is 73.8 Å². The summed E-state index contributed by atoms with van der Waals surface area (Å²) >= 11 is 0. The Morgan fingerprint density at radius 1 is 0.818 bits per heavy atom. The predicted octanol–water partition coefficient (Wildman–Crippen LogP) is 6.64. The molecule has 164 valence electrons. The number of hydrogen-bond acceptors (Lipinski definition) is 4. The van der Waals surface area contributed by atoms with E-state index in [4.69, 9.17) is 4.74 Å². The smallest absolute Gasteiger partial charge is 0.269 e. The number of fused-ring (bicyclic) bond motifs is 1. The Morgan fingerprint density at radius 3 is 2.03 bits per heavy atom. The van der Waals surface area contributed by atoms with Crippen LogP contribution < -0.4 is 5.32 Å². The van der Waals surface area contributed by atoms with E-state index in [1.54, 1.807) is 12.1 Å². The molecular formula is C28H24N2O3. The fourth-order valence-electron chi connectivity index (χ4n) is 4.47. The molecule has 33 heavy (non-hydrogen) atoms. The first kappa shape index (κ1) is 20.9. The van der Waals surface area contributed by atoms with Crippen LogP contribution in [0.1, 0.15) is 39.6 Å². The van der Waals surface area contributed by atoms with Crippen molar-refractivity contribution in [3.8, 4) is 0 Å². The Morgan fingerprint density at radius 2 is 1.42 bits per heavy atom. The van der Waals surface area contributed by atoms with Gasteiger partial charge >= 0.3 is 0 Å². The van der Waals surface area contributed by atoms with E-state index in [0.717, 1.165) is 33.5 Å². The first-order chi connectivity index (χ1) is 16.0. The van der Waals surface area contributed by atoms with Crippen molar-refractivity contribution in [2.75, 3.05) is 5.32 Å². The van der Waals surface area contributed by atoms with Gasteiger partial charge in [0.15, 0.2) is 6.23 Å². The van der Waals surface area contributed by atoms with Crippen molar-refractivity contribution in [1.82, 2.24) is 0 Å². The van der Waals surface area contributed by atoms with Gasteiger partial charge in [0.1, 0.15) is 5.60 Å². The largest absolute Gasteiger partial charge is 0.356 e. The van der Waals surface area contributed by atoms with Crippen molar-refractivity contribution in [3.63, 3.8) is 0 Å². The highest BCUT2D eigenvalue weighted by Gasteiger charge is 2.45. The molecule has 5 rings (SSSR count). The topological polar surface area (TPSA) is 64.4 Å². The number of rotatable bonds is 4. The normalized spacial score (nSPS) is 16.5. The van der Waals surface area contributed by atoms with Gasteiger partial charge in [-0.25, -0.2) is 0 Å². The summed E-state index contributed by atoms with van der Waals surface area (Å²) in [6.45, 7) is 4.12. The second kappa shape index (κ2) is 8.19. The molecule has 0 amide bonds. The molecule has 1 N–H and O–H groups in total. The van der Waals surface area contributed by atoms with Crippen LogP contribution in [-0.4, -0.2) is 4.92 Å². The molecule has 4 aromatic rings. The maximum Gasteiger partial charge on any atom is 0.269 e. The number of benzene rings is 4. The van der Waals surface area contributed by atoms with E-state index in [9.17, 15) is 10.1 Å². The van der Waals surface area contributed by atoms with Crippen LogP contribution in [0.2, 0.25) is 0 Å². The van der Waals surface area contributed by atoms with Crippen molar-refractivity contribution in [3.05, 3.63) is 141 Å². The van der Waals surface area contributed by atoms with Gasteiger partial charge in [0.25, 0.3) is 5.69 Å². The molecule has 4 aromatic carbocycles. The summed E-state index contributed by atoms with van der Waals surface area (Å²) in [5, 5.41) is 14.9. The first-order valence-corrected chi connectivity index (χ1v) is 10.9. The summed E-state index contributed by atoms with van der Waals surface area (Å²) in [6, 6.07) is 31.4. The Kier molecular flexibility index (Phi) is 5.19. The van der Waals surface area contributed by atoms with Crippen molar-refractivity contribution in [2.24, 2.45) is 0 Å². The monoisotopic (exact) mass is 436 g/mol. The maximum atomic E-state index is 11.4. The fraction of sp³-hybridized carbons (Fsp3) is 0.143. The molecule has 1 aliphatic rings. The van der Waals surface area contributed by atoms with E-state index in [1.807, 2.05) is 24.3 Å². The molecular weight excluding hydrogens is 412 g/mol. The highest BCUT2D eigenvalue weighted by atomic mass is 16.6. The minimum atomic E-state index is -0.890. The molecule has 0 fully saturated rings. The number of nitro benzene ring substituents is 1. The van der Waals surface area contributed by atoms with Crippen LogP contribution in [0, 0.1) is 24.0 Å². The molecule has 5 heteroatoms. The highest BCUT2D eigenvalue weighted by molar-refractivity contribution is 5.64. The summed E-state index contributed by atoms with van der Waals surface area (Å²) in [6.07, 6.45) is -0.581. The minimum Gasteiger partial charge on any atom is -0.356 e. The van der Waals surface area contributed by atoms with Gasteiger partial charge in [0.2, 0.25) is 0 Å².